The topological polar surface area (TPSA) is 66.7 Å². The van der Waals surface area contributed by atoms with Gasteiger partial charge in [0.05, 0.1) is 26.2 Å². The van der Waals surface area contributed by atoms with Gasteiger partial charge in [-0.1, -0.05) is 0 Å². The molecule has 78 valence electrons. The summed E-state index contributed by atoms with van der Waals surface area (Å²) in [6.07, 6.45) is 3.01. The van der Waals surface area contributed by atoms with Crippen molar-refractivity contribution in [3.8, 4) is 0 Å². The van der Waals surface area contributed by atoms with Crippen molar-refractivity contribution in [1.29, 1.82) is 0 Å². The lowest BCUT2D eigenvalue weighted by molar-refractivity contribution is -0.0289. The summed E-state index contributed by atoms with van der Waals surface area (Å²) in [4.78, 5) is 7.81. The third-order valence-electron chi connectivity index (χ3n) is 1.70. The Morgan fingerprint density at radius 2 is 1.57 bits per heavy atom. The Morgan fingerprint density at radius 3 is 1.93 bits per heavy atom. The largest absolute Gasteiger partial charge is 0.361 e. The predicted octanol–water partition coefficient (Wildman–Crippen LogP) is -0.0729. The molecule has 0 atom stereocenters. The Kier molecular flexibility index (Phi) is 3.13. The molecule has 2 aliphatic rings. The van der Waals surface area contributed by atoms with Gasteiger partial charge in [0.1, 0.15) is 12.7 Å². The summed E-state index contributed by atoms with van der Waals surface area (Å²) in [5.41, 5.74) is 0. The number of hydrogen-bond donors (Lipinski definition) is 0. The first kappa shape index (κ1) is 9.64. The molecule has 0 N–H and O–H groups in total. The minimum absolute atomic E-state index is 0.619. The van der Waals surface area contributed by atoms with Gasteiger partial charge in [-0.3, -0.25) is 14.5 Å². The van der Waals surface area contributed by atoms with Gasteiger partial charge in [-0.2, -0.15) is 9.25 Å². The molecule has 2 rings (SSSR count). The summed E-state index contributed by atoms with van der Waals surface area (Å²) in [5, 5.41) is 2.82. The zero-order chi connectivity index (χ0) is 9.80. The molecule has 0 aromatic carbocycles. The second kappa shape index (κ2) is 4.54. The smallest absolute Gasteiger partial charge is 0.271 e. The first-order chi connectivity index (χ1) is 6.84. The van der Waals surface area contributed by atoms with Gasteiger partial charge >= 0.3 is 8.25 Å². The fourth-order valence-corrected chi connectivity index (χ4v) is 1.77. The van der Waals surface area contributed by atoms with Crippen molar-refractivity contribution in [3.05, 3.63) is 0 Å². The maximum atomic E-state index is 11.3. The summed E-state index contributed by atoms with van der Waals surface area (Å²) < 4.78 is 21.2. The Labute approximate surface area is 81.9 Å². The summed E-state index contributed by atoms with van der Waals surface area (Å²) in [7, 11) is -2.54. The molecule has 0 aromatic rings. The second-order valence-corrected chi connectivity index (χ2v) is 3.62. The molecule has 0 saturated heterocycles. The van der Waals surface area contributed by atoms with Crippen LogP contribution >= 0.6 is 8.25 Å². The highest BCUT2D eigenvalue weighted by atomic mass is 31.1. The number of nitrogens with zero attached hydrogens (tertiary/aromatic N) is 4. The summed E-state index contributed by atoms with van der Waals surface area (Å²) >= 11 is 0. The van der Waals surface area contributed by atoms with Crippen molar-refractivity contribution < 1.29 is 13.8 Å². The zero-order valence-corrected chi connectivity index (χ0v) is 8.50. The van der Waals surface area contributed by atoms with Crippen LogP contribution in [0, 0.1) is 0 Å². The number of aliphatic imine (C=N–C) groups is 2. The lowest BCUT2D eigenvalue weighted by Crippen LogP contribution is -2.20. The van der Waals surface area contributed by atoms with Crippen molar-refractivity contribution in [2.45, 2.75) is 0 Å². The number of hydroxylamine groups is 4. The molecular formula is C6H11N4O3P. The Bertz CT molecular complexity index is 256. The van der Waals surface area contributed by atoms with E-state index in [1.54, 1.807) is 0 Å². The fraction of sp³-hybridized carbons (Fsp3) is 0.667. The van der Waals surface area contributed by atoms with Crippen molar-refractivity contribution in [3.63, 3.8) is 0 Å². The van der Waals surface area contributed by atoms with Gasteiger partial charge in [0.2, 0.25) is 0 Å². The summed E-state index contributed by atoms with van der Waals surface area (Å²) in [6.45, 7) is 2.57. The lowest BCUT2D eigenvalue weighted by Gasteiger charge is -2.16. The molecule has 14 heavy (non-hydrogen) atoms. The van der Waals surface area contributed by atoms with Crippen LogP contribution in [0.5, 0.6) is 0 Å². The van der Waals surface area contributed by atoms with E-state index in [0.29, 0.717) is 26.2 Å². The number of rotatable bonds is 4. The molecule has 0 amide bonds. The van der Waals surface area contributed by atoms with E-state index in [2.05, 4.69) is 9.98 Å². The Hall–Kier alpha value is -0.910. The average Bonchev–Trinajstić information content (AvgIpc) is 2.76. The van der Waals surface area contributed by atoms with E-state index >= 15 is 0 Å². The highest BCUT2D eigenvalue weighted by molar-refractivity contribution is 7.33. The van der Waals surface area contributed by atoms with E-state index in [9.17, 15) is 4.57 Å². The zero-order valence-electron chi connectivity index (χ0n) is 7.50. The lowest BCUT2D eigenvalue weighted by atomic mass is 10.7. The highest BCUT2D eigenvalue weighted by Crippen LogP contribution is 2.27. The van der Waals surface area contributed by atoms with E-state index < -0.39 is 8.25 Å². The normalized spacial score (nSPS) is 20.4. The molecule has 0 unspecified atom stereocenters. The van der Waals surface area contributed by atoms with E-state index in [1.165, 1.54) is 22.8 Å². The average molecular weight is 218 g/mol. The molecule has 2 heterocycles. The van der Waals surface area contributed by atoms with Crippen LogP contribution in [-0.2, 0) is 13.8 Å². The van der Waals surface area contributed by atoms with Gasteiger partial charge in [0.25, 0.3) is 0 Å². The molecule has 7 nitrogen and oxygen atoms in total. The van der Waals surface area contributed by atoms with Gasteiger partial charge in [-0.25, -0.2) is 10.1 Å². The van der Waals surface area contributed by atoms with Crippen LogP contribution in [0.3, 0.4) is 0 Å². The molecule has 0 spiro atoms. The van der Waals surface area contributed by atoms with Crippen molar-refractivity contribution >= 4 is 20.9 Å². The second-order valence-electron chi connectivity index (χ2n) is 2.76. The van der Waals surface area contributed by atoms with Crippen LogP contribution in [-0.4, -0.2) is 49.0 Å². The molecule has 0 fully saturated rings. The third kappa shape index (κ3) is 2.54. The predicted molar refractivity (Wildman–Crippen MR) is 51.3 cm³/mol. The number of hydrogen-bond acceptors (Lipinski definition) is 7. The molecule has 8 heteroatoms. The standard InChI is InChI=1S/C6H11N4O3P/c11-14(12-9-3-1-7-5-9)13-10-4-2-8-6-10/h5-6,14H,1-4H2. The maximum absolute atomic E-state index is 11.3. The first-order valence-electron chi connectivity index (χ1n) is 4.28. The van der Waals surface area contributed by atoms with Crippen LogP contribution in [0.2, 0.25) is 0 Å². The minimum Gasteiger partial charge on any atom is -0.271 e. The Balaban J connectivity index is 1.72. The third-order valence-corrected chi connectivity index (χ3v) is 2.47. The molecule has 0 aliphatic carbocycles. The van der Waals surface area contributed by atoms with Gasteiger partial charge in [-0.05, 0) is 0 Å². The van der Waals surface area contributed by atoms with Crippen LogP contribution in [0.25, 0.3) is 0 Å². The van der Waals surface area contributed by atoms with Crippen molar-refractivity contribution in [2.24, 2.45) is 9.98 Å². The first-order valence-corrected chi connectivity index (χ1v) is 5.50. The SMILES string of the molecule is O=[PH](ON1C=NCC1)ON1C=NCC1. The van der Waals surface area contributed by atoms with E-state index in [0.717, 1.165) is 0 Å². The van der Waals surface area contributed by atoms with Gasteiger partial charge in [0.15, 0.2) is 0 Å². The summed E-state index contributed by atoms with van der Waals surface area (Å²) in [5.74, 6) is 0. The summed E-state index contributed by atoms with van der Waals surface area (Å²) in [6, 6.07) is 0. The van der Waals surface area contributed by atoms with E-state index in [-0.39, 0.29) is 0 Å². The van der Waals surface area contributed by atoms with E-state index in [1.807, 2.05) is 0 Å². The molecule has 0 aromatic heterocycles. The van der Waals surface area contributed by atoms with Gasteiger partial charge < -0.3 is 0 Å². The molecular weight excluding hydrogens is 207 g/mol. The molecule has 0 radical (unpaired) electrons. The maximum Gasteiger partial charge on any atom is 0.361 e. The molecule has 0 bridgehead atoms. The van der Waals surface area contributed by atoms with Gasteiger partial charge in [0, 0.05) is 0 Å². The van der Waals surface area contributed by atoms with Crippen LogP contribution < -0.4 is 0 Å². The molecule has 2 aliphatic heterocycles. The quantitative estimate of drug-likeness (QED) is 0.618. The van der Waals surface area contributed by atoms with Gasteiger partial charge in [-0.15, -0.1) is 0 Å². The van der Waals surface area contributed by atoms with Crippen LogP contribution in [0.1, 0.15) is 0 Å². The fourth-order valence-electron chi connectivity index (χ4n) is 1.07. The monoisotopic (exact) mass is 218 g/mol. The van der Waals surface area contributed by atoms with E-state index in [4.69, 9.17) is 9.25 Å². The molecule has 0 saturated carbocycles. The highest BCUT2D eigenvalue weighted by Gasteiger charge is 2.14. The van der Waals surface area contributed by atoms with Crippen molar-refractivity contribution in [1.82, 2.24) is 10.1 Å². The van der Waals surface area contributed by atoms with Crippen molar-refractivity contribution in [2.75, 3.05) is 26.2 Å². The van der Waals surface area contributed by atoms with Crippen LogP contribution in [0.4, 0.5) is 0 Å². The van der Waals surface area contributed by atoms with Crippen LogP contribution in [0.15, 0.2) is 9.98 Å². The minimum atomic E-state index is -2.54. The Morgan fingerprint density at radius 1 is 1.07 bits per heavy atom.